The molecule has 1 aromatic rings. The van der Waals surface area contributed by atoms with Crippen molar-refractivity contribution in [3.05, 3.63) is 29.8 Å². The molecular formula is C11H12F3NO2. The second kappa shape index (κ2) is 5.07. The minimum absolute atomic E-state index is 0.212. The first kappa shape index (κ1) is 13.3. The van der Waals surface area contributed by atoms with E-state index in [2.05, 4.69) is 0 Å². The molecule has 0 aliphatic rings. The summed E-state index contributed by atoms with van der Waals surface area (Å²) in [5.74, 6) is 0. The van der Waals surface area contributed by atoms with E-state index in [1.54, 1.807) is 6.92 Å². The Balaban J connectivity index is 2.84. The molecule has 0 atom stereocenters. The van der Waals surface area contributed by atoms with Crippen LogP contribution < -0.4 is 4.90 Å². The fourth-order valence-electron chi connectivity index (χ4n) is 1.20. The standard InChI is InChI=1S/C11H12F3NO2/c1-3-17-10(16)15(2)9-6-4-8(5-7-9)11(12,13)14/h4-7H,3H2,1-2H3. The van der Waals surface area contributed by atoms with Crippen molar-refractivity contribution in [2.24, 2.45) is 0 Å². The molecule has 17 heavy (non-hydrogen) atoms. The summed E-state index contributed by atoms with van der Waals surface area (Å²) in [7, 11) is 1.43. The third-order valence-electron chi connectivity index (χ3n) is 2.12. The summed E-state index contributed by atoms with van der Waals surface area (Å²) in [5, 5.41) is 0. The molecule has 94 valence electrons. The quantitative estimate of drug-likeness (QED) is 0.802. The van der Waals surface area contributed by atoms with Crippen molar-refractivity contribution in [1.29, 1.82) is 0 Å². The average Bonchev–Trinajstić information content (AvgIpc) is 2.27. The van der Waals surface area contributed by atoms with Crippen LogP contribution in [0.5, 0.6) is 0 Å². The van der Waals surface area contributed by atoms with Crippen molar-refractivity contribution in [3.8, 4) is 0 Å². The number of benzene rings is 1. The first-order chi connectivity index (χ1) is 7.86. The van der Waals surface area contributed by atoms with Gasteiger partial charge in [-0.15, -0.1) is 0 Å². The van der Waals surface area contributed by atoms with Gasteiger partial charge >= 0.3 is 12.3 Å². The third kappa shape index (κ3) is 3.37. The number of halogens is 3. The van der Waals surface area contributed by atoms with Gasteiger partial charge in [-0.2, -0.15) is 13.2 Å². The van der Waals surface area contributed by atoms with Gasteiger partial charge in [-0.25, -0.2) is 4.79 Å². The van der Waals surface area contributed by atoms with E-state index in [9.17, 15) is 18.0 Å². The molecule has 0 aliphatic heterocycles. The Morgan fingerprint density at radius 1 is 1.29 bits per heavy atom. The number of amides is 1. The number of anilines is 1. The minimum Gasteiger partial charge on any atom is -0.449 e. The zero-order valence-electron chi connectivity index (χ0n) is 9.41. The van der Waals surface area contributed by atoms with Gasteiger partial charge in [0.15, 0.2) is 0 Å². The number of hydrogen-bond donors (Lipinski definition) is 0. The van der Waals surface area contributed by atoms with Crippen LogP contribution in [-0.2, 0) is 10.9 Å². The summed E-state index contributed by atoms with van der Waals surface area (Å²) in [5.41, 5.74) is -0.407. The molecule has 1 amide bonds. The molecule has 0 fully saturated rings. The number of hydrogen-bond acceptors (Lipinski definition) is 2. The van der Waals surface area contributed by atoms with Gasteiger partial charge in [0.1, 0.15) is 0 Å². The van der Waals surface area contributed by atoms with Crippen LogP contribution in [0.3, 0.4) is 0 Å². The van der Waals surface area contributed by atoms with E-state index < -0.39 is 17.8 Å². The maximum atomic E-state index is 12.3. The fraction of sp³-hybridized carbons (Fsp3) is 0.364. The highest BCUT2D eigenvalue weighted by Crippen LogP contribution is 2.30. The molecule has 6 heteroatoms. The number of rotatable bonds is 2. The Kier molecular flexibility index (Phi) is 3.98. The summed E-state index contributed by atoms with van der Waals surface area (Å²) in [6.45, 7) is 1.86. The van der Waals surface area contributed by atoms with Crippen LogP contribution in [-0.4, -0.2) is 19.7 Å². The second-order valence-electron chi connectivity index (χ2n) is 3.30. The van der Waals surface area contributed by atoms with Crippen LogP contribution in [0, 0.1) is 0 Å². The van der Waals surface area contributed by atoms with Gasteiger partial charge in [0, 0.05) is 12.7 Å². The molecule has 1 rings (SSSR count). The Morgan fingerprint density at radius 2 is 1.82 bits per heavy atom. The van der Waals surface area contributed by atoms with Gasteiger partial charge in [0.2, 0.25) is 0 Å². The molecule has 0 unspecified atom stereocenters. The lowest BCUT2D eigenvalue weighted by molar-refractivity contribution is -0.137. The highest BCUT2D eigenvalue weighted by molar-refractivity contribution is 5.86. The molecule has 0 saturated carbocycles. The van der Waals surface area contributed by atoms with Gasteiger partial charge in [-0.1, -0.05) is 0 Å². The van der Waals surface area contributed by atoms with Crippen molar-refractivity contribution in [2.75, 3.05) is 18.6 Å². The number of carbonyl (C=O) groups is 1. The summed E-state index contributed by atoms with van der Waals surface area (Å²) >= 11 is 0. The first-order valence-corrected chi connectivity index (χ1v) is 4.94. The van der Waals surface area contributed by atoms with Crippen molar-refractivity contribution in [3.63, 3.8) is 0 Å². The van der Waals surface area contributed by atoms with Gasteiger partial charge in [0.25, 0.3) is 0 Å². The molecule has 1 aromatic carbocycles. The Bertz CT molecular complexity index is 387. The predicted octanol–water partition coefficient (Wildman–Crippen LogP) is 3.30. The molecule has 0 bridgehead atoms. The van der Waals surface area contributed by atoms with Crippen molar-refractivity contribution < 1.29 is 22.7 Å². The molecule has 0 N–H and O–H groups in total. The third-order valence-corrected chi connectivity index (χ3v) is 2.12. The zero-order valence-corrected chi connectivity index (χ0v) is 9.41. The Hall–Kier alpha value is -1.72. The fourth-order valence-corrected chi connectivity index (χ4v) is 1.20. The summed E-state index contributed by atoms with van der Waals surface area (Å²) in [6, 6.07) is 4.29. The van der Waals surface area contributed by atoms with E-state index in [0.717, 1.165) is 17.0 Å². The molecule has 0 aliphatic carbocycles. The lowest BCUT2D eigenvalue weighted by Crippen LogP contribution is -2.27. The van der Waals surface area contributed by atoms with Crippen molar-refractivity contribution in [1.82, 2.24) is 0 Å². The lowest BCUT2D eigenvalue weighted by atomic mass is 10.2. The van der Waals surface area contributed by atoms with Crippen molar-refractivity contribution >= 4 is 11.8 Å². The van der Waals surface area contributed by atoms with Crippen LogP contribution in [0.15, 0.2) is 24.3 Å². The molecule has 0 aromatic heterocycles. The van der Waals surface area contributed by atoms with Gasteiger partial charge in [-0.3, -0.25) is 4.90 Å². The summed E-state index contributed by atoms with van der Waals surface area (Å²) < 4.78 is 41.6. The average molecular weight is 247 g/mol. The topological polar surface area (TPSA) is 29.5 Å². The maximum Gasteiger partial charge on any atom is 0.416 e. The number of alkyl halides is 3. The van der Waals surface area contributed by atoms with E-state index in [-0.39, 0.29) is 6.61 Å². The normalized spacial score (nSPS) is 11.1. The van der Waals surface area contributed by atoms with Crippen molar-refractivity contribution in [2.45, 2.75) is 13.1 Å². The molecular weight excluding hydrogens is 235 g/mol. The number of nitrogens with zero attached hydrogens (tertiary/aromatic N) is 1. The van der Waals surface area contributed by atoms with Gasteiger partial charge < -0.3 is 4.74 Å². The predicted molar refractivity (Wildman–Crippen MR) is 56.9 cm³/mol. The van der Waals surface area contributed by atoms with E-state index in [1.165, 1.54) is 19.2 Å². The lowest BCUT2D eigenvalue weighted by Gasteiger charge is -2.17. The van der Waals surface area contributed by atoms with Crippen LogP contribution in [0.1, 0.15) is 12.5 Å². The van der Waals surface area contributed by atoms with Gasteiger partial charge in [0.05, 0.1) is 12.2 Å². The molecule has 3 nitrogen and oxygen atoms in total. The number of carbonyl (C=O) groups excluding carboxylic acids is 1. The van der Waals surface area contributed by atoms with Crippen LogP contribution in [0.4, 0.5) is 23.7 Å². The van der Waals surface area contributed by atoms with E-state index in [1.807, 2.05) is 0 Å². The monoisotopic (exact) mass is 247 g/mol. The van der Waals surface area contributed by atoms with E-state index in [4.69, 9.17) is 4.74 Å². The van der Waals surface area contributed by atoms with E-state index in [0.29, 0.717) is 5.69 Å². The molecule has 0 radical (unpaired) electrons. The Labute approximate surface area is 96.8 Å². The van der Waals surface area contributed by atoms with Crippen LogP contribution >= 0.6 is 0 Å². The van der Waals surface area contributed by atoms with Crippen LogP contribution in [0.2, 0.25) is 0 Å². The SMILES string of the molecule is CCOC(=O)N(C)c1ccc(C(F)(F)F)cc1. The molecule has 0 saturated heterocycles. The molecule has 0 heterocycles. The molecule has 0 spiro atoms. The Morgan fingerprint density at radius 3 is 2.24 bits per heavy atom. The smallest absolute Gasteiger partial charge is 0.416 e. The minimum atomic E-state index is -4.37. The maximum absolute atomic E-state index is 12.3. The summed E-state index contributed by atoms with van der Waals surface area (Å²) in [4.78, 5) is 12.4. The highest BCUT2D eigenvalue weighted by Gasteiger charge is 2.30. The second-order valence-corrected chi connectivity index (χ2v) is 3.30. The summed E-state index contributed by atoms with van der Waals surface area (Å²) in [6.07, 6.45) is -4.98. The van der Waals surface area contributed by atoms with Gasteiger partial charge in [-0.05, 0) is 31.2 Å². The number of ether oxygens (including phenoxy) is 1. The van der Waals surface area contributed by atoms with Crippen LogP contribution in [0.25, 0.3) is 0 Å². The highest BCUT2D eigenvalue weighted by atomic mass is 19.4. The largest absolute Gasteiger partial charge is 0.449 e. The zero-order chi connectivity index (χ0) is 13.1. The van der Waals surface area contributed by atoms with E-state index >= 15 is 0 Å². The first-order valence-electron chi connectivity index (χ1n) is 4.94.